The molecule has 0 amide bonds. The van der Waals surface area contributed by atoms with Gasteiger partial charge in [-0.2, -0.15) is 0 Å². The molecule has 0 aliphatic heterocycles. The van der Waals surface area contributed by atoms with Crippen LogP contribution in [-0.4, -0.2) is 14.2 Å². The van der Waals surface area contributed by atoms with Crippen molar-refractivity contribution in [2.45, 2.75) is 6.04 Å². The highest BCUT2D eigenvalue weighted by Gasteiger charge is 2.14. The summed E-state index contributed by atoms with van der Waals surface area (Å²) in [5, 5.41) is 3.20. The Kier molecular flexibility index (Phi) is 4.56. The fraction of sp³-hybridized carbons (Fsp3) is 0.200. The fourth-order valence-electron chi connectivity index (χ4n) is 2.07. The van der Waals surface area contributed by atoms with Gasteiger partial charge in [-0.3, -0.25) is 0 Å². The van der Waals surface area contributed by atoms with E-state index in [0.29, 0.717) is 0 Å². The molecule has 0 saturated heterocycles. The molecule has 0 bridgehead atoms. The van der Waals surface area contributed by atoms with Gasteiger partial charge in [0.2, 0.25) is 0 Å². The van der Waals surface area contributed by atoms with E-state index in [2.05, 4.69) is 21.2 Å². The normalized spacial score (nSPS) is 12.2. The van der Waals surface area contributed by atoms with Crippen LogP contribution in [0.4, 0.5) is 4.39 Å². The Labute approximate surface area is 120 Å². The lowest BCUT2D eigenvalue weighted by atomic mass is 9.99. The number of benzene rings is 2. The van der Waals surface area contributed by atoms with Gasteiger partial charge in [-0.1, -0.05) is 34.1 Å². The lowest BCUT2D eigenvalue weighted by Gasteiger charge is -2.18. The van der Waals surface area contributed by atoms with Gasteiger partial charge < -0.3 is 10.1 Å². The SMILES string of the molecule is CNC(c1cccc(Br)c1)c1ccc(OC)c(F)c1. The van der Waals surface area contributed by atoms with Crippen LogP contribution in [0, 0.1) is 5.82 Å². The molecule has 1 atom stereocenters. The third-order valence-electron chi connectivity index (χ3n) is 2.98. The van der Waals surface area contributed by atoms with Gasteiger partial charge in [0.15, 0.2) is 11.6 Å². The molecule has 2 nitrogen and oxygen atoms in total. The molecule has 100 valence electrons. The quantitative estimate of drug-likeness (QED) is 0.921. The summed E-state index contributed by atoms with van der Waals surface area (Å²) in [6.45, 7) is 0. The second-order valence-electron chi connectivity index (χ2n) is 4.17. The van der Waals surface area contributed by atoms with E-state index in [1.165, 1.54) is 13.2 Å². The van der Waals surface area contributed by atoms with E-state index in [0.717, 1.165) is 15.6 Å². The van der Waals surface area contributed by atoms with Crippen LogP contribution in [0.5, 0.6) is 5.75 Å². The van der Waals surface area contributed by atoms with Gasteiger partial charge in [-0.15, -0.1) is 0 Å². The van der Waals surface area contributed by atoms with E-state index in [-0.39, 0.29) is 17.6 Å². The van der Waals surface area contributed by atoms with Crippen molar-refractivity contribution in [1.29, 1.82) is 0 Å². The molecule has 0 aliphatic rings. The van der Waals surface area contributed by atoms with Gasteiger partial charge in [-0.25, -0.2) is 4.39 Å². The molecule has 2 rings (SSSR count). The topological polar surface area (TPSA) is 21.3 Å². The fourth-order valence-corrected chi connectivity index (χ4v) is 2.49. The zero-order chi connectivity index (χ0) is 13.8. The summed E-state index contributed by atoms with van der Waals surface area (Å²) in [5.41, 5.74) is 1.93. The van der Waals surface area contributed by atoms with Crippen molar-refractivity contribution in [1.82, 2.24) is 5.32 Å². The molecule has 0 spiro atoms. The van der Waals surface area contributed by atoms with Crippen molar-refractivity contribution >= 4 is 15.9 Å². The Balaban J connectivity index is 2.39. The van der Waals surface area contributed by atoms with Crippen molar-refractivity contribution in [2.75, 3.05) is 14.2 Å². The van der Waals surface area contributed by atoms with Crippen LogP contribution in [0.1, 0.15) is 17.2 Å². The van der Waals surface area contributed by atoms with Gasteiger partial charge in [0.05, 0.1) is 13.2 Å². The Bertz CT molecular complexity index is 574. The van der Waals surface area contributed by atoms with Gasteiger partial charge in [0, 0.05) is 4.47 Å². The molecule has 2 aromatic rings. The van der Waals surface area contributed by atoms with Crippen molar-refractivity contribution < 1.29 is 9.13 Å². The number of hydrogen-bond donors (Lipinski definition) is 1. The smallest absolute Gasteiger partial charge is 0.165 e. The number of ether oxygens (including phenoxy) is 1. The van der Waals surface area contributed by atoms with Crippen LogP contribution >= 0.6 is 15.9 Å². The minimum absolute atomic E-state index is 0.0575. The average molecular weight is 324 g/mol. The minimum atomic E-state index is -0.352. The monoisotopic (exact) mass is 323 g/mol. The first kappa shape index (κ1) is 14.0. The van der Waals surface area contributed by atoms with E-state index < -0.39 is 0 Å². The lowest BCUT2D eigenvalue weighted by Crippen LogP contribution is -2.17. The van der Waals surface area contributed by atoms with Crippen molar-refractivity contribution in [3.8, 4) is 5.75 Å². The van der Waals surface area contributed by atoms with Crippen LogP contribution in [0.2, 0.25) is 0 Å². The molecule has 0 aromatic heterocycles. The van der Waals surface area contributed by atoms with E-state index >= 15 is 0 Å². The second-order valence-corrected chi connectivity index (χ2v) is 5.09. The zero-order valence-electron chi connectivity index (χ0n) is 10.8. The number of nitrogens with one attached hydrogen (secondary N) is 1. The van der Waals surface area contributed by atoms with Crippen LogP contribution < -0.4 is 10.1 Å². The third kappa shape index (κ3) is 3.14. The summed E-state index contributed by atoms with van der Waals surface area (Å²) >= 11 is 3.45. The molecule has 0 aliphatic carbocycles. The molecule has 0 fully saturated rings. The molecule has 1 unspecified atom stereocenters. The lowest BCUT2D eigenvalue weighted by molar-refractivity contribution is 0.386. The van der Waals surface area contributed by atoms with Gasteiger partial charge in [0.1, 0.15) is 0 Å². The Morgan fingerprint density at radius 2 is 1.89 bits per heavy atom. The van der Waals surface area contributed by atoms with Gasteiger partial charge in [-0.05, 0) is 42.4 Å². The van der Waals surface area contributed by atoms with Crippen LogP contribution in [-0.2, 0) is 0 Å². The summed E-state index contributed by atoms with van der Waals surface area (Å²) in [4.78, 5) is 0. The number of methoxy groups -OCH3 is 1. The Hall–Kier alpha value is -1.39. The highest BCUT2D eigenvalue weighted by Crippen LogP contribution is 2.27. The molecule has 2 aromatic carbocycles. The van der Waals surface area contributed by atoms with E-state index in [9.17, 15) is 4.39 Å². The molecule has 4 heteroatoms. The molecule has 0 radical (unpaired) electrons. The van der Waals surface area contributed by atoms with Crippen LogP contribution in [0.25, 0.3) is 0 Å². The van der Waals surface area contributed by atoms with Crippen LogP contribution in [0.15, 0.2) is 46.9 Å². The maximum atomic E-state index is 13.8. The van der Waals surface area contributed by atoms with E-state index in [1.54, 1.807) is 6.07 Å². The predicted molar refractivity (Wildman–Crippen MR) is 78.0 cm³/mol. The van der Waals surface area contributed by atoms with Crippen molar-refractivity contribution in [3.05, 3.63) is 63.9 Å². The Morgan fingerprint density at radius 1 is 1.16 bits per heavy atom. The first-order valence-corrected chi connectivity index (χ1v) is 6.71. The summed E-state index contributed by atoms with van der Waals surface area (Å²) in [7, 11) is 3.32. The first-order chi connectivity index (χ1) is 9.15. The number of hydrogen-bond acceptors (Lipinski definition) is 2. The number of halogens is 2. The number of rotatable bonds is 4. The summed E-state index contributed by atoms with van der Waals surface area (Å²) < 4.78 is 19.7. The average Bonchev–Trinajstić information content (AvgIpc) is 2.40. The van der Waals surface area contributed by atoms with E-state index in [4.69, 9.17) is 4.74 Å². The Morgan fingerprint density at radius 3 is 2.47 bits per heavy atom. The summed E-state index contributed by atoms with van der Waals surface area (Å²) in [6, 6.07) is 12.9. The van der Waals surface area contributed by atoms with E-state index in [1.807, 2.05) is 37.4 Å². The van der Waals surface area contributed by atoms with Crippen molar-refractivity contribution in [2.24, 2.45) is 0 Å². The van der Waals surface area contributed by atoms with Gasteiger partial charge >= 0.3 is 0 Å². The largest absolute Gasteiger partial charge is 0.494 e. The maximum absolute atomic E-state index is 13.8. The summed E-state index contributed by atoms with van der Waals surface area (Å²) in [6.07, 6.45) is 0. The van der Waals surface area contributed by atoms with Crippen LogP contribution in [0.3, 0.4) is 0 Å². The molecule has 1 N–H and O–H groups in total. The molecular formula is C15H15BrFNO. The molecule has 19 heavy (non-hydrogen) atoms. The molecule has 0 heterocycles. The highest BCUT2D eigenvalue weighted by molar-refractivity contribution is 9.10. The zero-order valence-corrected chi connectivity index (χ0v) is 12.4. The standard InChI is InChI=1S/C15H15BrFNO/c1-18-15(10-4-3-5-12(16)8-10)11-6-7-14(19-2)13(17)9-11/h3-9,15,18H,1-2H3. The second kappa shape index (κ2) is 6.17. The summed E-state index contributed by atoms with van der Waals surface area (Å²) in [5.74, 6) is -0.0944. The van der Waals surface area contributed by atoms with Crippen molar-refractivity contribution in [3.63, 3.8) is 0 Å². The first-order valence-electron chi connectivity index (χ1n) is 5.92. The van der Waals surface area contributed by atoms with Gasteiger partial charge in [0.25, 0.3) is 0 Å². The third-order valence-corrected chi connectivity index (χ3v) is 3.47. The molecular weight excluding hydrogens is 309 g/mol. The highest BCUT2D eigenvalue weighted by atomic mass is 79.9. The predicted octanol–water partition coefficient (Wildman–Crippen LogP) is 3.91. The maximum Gasteiger partial charge on any atom is 0.165 e. The minimum Gasteiger partial charge on any atom is -0.494 e. The molecule has 0 saturated carbocycles.